The lowest BCUT2D eigenvalue weighted by Gasteiger charge is -2.18. The van der Waals surface area contributed by atoms with Gasteiger partial charge in [0.25, 0.3) is 0 Å². The molecule has 0 saturated heterocycles. The summed E-state index contributed by atoms with van der Waals surface area (Å²) in [6.07, 6.45) is 5.72. The smallest absolute Gasteiger partial charge is 0.151 e. The molecule has 0 spiro atoms. The largest absolute Gasteiger partial charge is 0.307 e. The van der Waals surface area contributed by atoms with E-state index in [2.05, 4.69) is 15.5 Å². The van der Waals surface area contributed by atoms with Gasteiger partial charge in [-0.15, -0.1) is 0 Å². The number of sulfone groups is 1. The van der Waals surface area contributed by atoms with Gasteiger partial charge in [-0.25, -0.2) is 8.42 Å². The first-order valence-corrected chi connectivity index (χ1v) is 7.43. The maximum Gasteiger partial charge on any atom is 0.151 e. The monoisotopic (exact) mass is 243 g/mol. The Balaban J connectivity index is 1.94. The van der Waals surface area contributed by atoms with Crippen LogP contribution in [0.15, 0.2) is 12.3 Å². The second kappa shape index (κ2) is 4.55. The maximum absolute atomic E-state index is 11.5. The number of nitrogens with zero attached hydrogens (tertiary/aromatic N) is 1. The van der Waals surface area contributed by atoms with Gasteiger partial charge in [-0.05, 0) is 18.9 Å². The van der Waals surface area contributed by atoms with Crippen LogP contribution in [0.3, 0.4) is 0 Å². The fraction of sp³-hybridized carbons (Fsp3) is 0.700. The Labute approximate surface area is 95.6 Å². The highest BCUT2D eigenvalue weighted by Crippen LogP contribution is 2.25. The van der Waals surface area contributed by atoms with Crippen molar-refractivity contribution in [3.05, 3.63) is 18.0 Å². The maximum atomic E-state index is 11.5. The van der Waals surface area contributed by atoms with Gasteiger partial charge in [0, 0.05) is 30.7 Å². The Kier molecular flexibility index (Phi) is 3.30. The Morgan fingerprint density at radius 2 is 2.38 bits per heavy atom. The topological polar surface area (TPSA) is 74.8 Å². The quantitative estimate of drug-likeness (QED) is 0.806. The van der Waals surface area contributed by atoms with Crippen LogP contribution in [0.4, 0.5) is 0 Å². The van der Waals surface area contributed by atoms with Gasteiger partial charge >= 0.3 is 0 Å². The van der Waals surface area contributed by atoms with Gasteiger partial charge in [0.05, 0.1) is 5.25 Å². The Morgan fingerprint density at radius 1 is 1.56 bits per heavy atom. The summed E-state index contributed by atoms with van der Waals surface area (Å²) in [6, 6.07) is 1.97. The summed E-state index contributed by atoms with van der Waals surface area (Å²) in [4.78, 5) is 0. The lowest BCUT2D eigenvalue weighted by Crippen LogP contribution is -2.39. The minimum absolute atomic E-state index is 0.0818. The van der Waals surface area contributed by atoms with Gasteiger partial charge in [0.2, 0.25) is 0 Å². The molecular formula is C10H17N3O2S. The lowest BCUT2D eigenvalue weighted by molar-refractivity contribution is 0.503. The molecule has 0 aliphatic heterocycles. The molecule has 0 amide bonds. The average Bonchev–Trinajstić information content (AvgIpc) is 2.85. The molecule has 90 valence electrons. The van der Waals surface area contributed by atoms with Crippen LogP contribution in [0.1, 0.15) is 25.0 Å². The average molecular weight is 243 g/mol. The van der Waals surface area contributed by atoms with Crippen molar-refractivity contribution in [3.8, 4) is 0 Å². The first kappa shape index (κ1) is 11.6. The molecule has 5 nitrogen and oxygen atoms in total. The fourth-order valence-electron chi connectivity index (χ4n) is 2.30. The molecule has 2 atom stereocenters. The van der Waals surface area contributed by atoms with Gasteiger partial charge in [0.1, 0.15) is 0 Å². The summed E-state index contributed by atoms with van der Waals surface area (Å²) in [6.45, 7) is 0.649. The standard InChI is InChI=1S/C10H17N3O2S/c1-16(14,15)10-4-2-3-9(10)11-7-8-5-6-12-13-8/h5-6,9-11H,2-4,7H2,1H3,(H,12,13). The Bertz CT molecular complexity index is 427. The van der Waals surface area contributed by atoms with Crippen LogP contribution >= 0.6 is 0 Å². The van der Waals surface area contributed by atoms with E-state index >= 15 is 0 Å². The molecule has 6 heteroatoms. The summed E-state index contributed by atoms with van der Waals surface area (Å²) in [7, 11) is -2.93. The van der Waals surface area contributed by atoms with Crippen molar-refractivity contribution in [3.63, 3.8) is 0 Å². The number of nitrogens with one attached hydrogen (secondary N) is 2. The Hall–Kier alpha value is -0.880. The van der Waals surface area contributed by atoms with Crippen LogP contribution < -0.4 is 5.32 Å². The van der Waals surface area contributed by atoms with Crippen LogP contribution in [0.2, 0.25) is 0 Å². The third kappa shape index (κ3) is 2.62. The molecule has 1 fully saturated rings. The third-order valence-corrected chi connectivity index (χ3v) is 4.78. The first-order chi connectivity index (χ1) is 7.57. The summed E-state index contributed by atoms with van der Waals surface area (Å²) in [5.41, 5.74) is 0.985. The molecule has 0 radical (unpaired) electrons. The molecule has 1 aromatic rings. The third-order valence-electron chi connectivity index (χ3n) is 3.12. The summed E-state index contributed by atoms with van der Waals surface area (Å²) >= 11 is 0. The van der Waals surface area contributed by atoms with E-state index in [1.54, 1.807) is 6.20 Å². The highest BCUT2D eigenvalue weighted by Gasteiger charge is 2.34. The van der Waals surface area contributed by atoms with Crippen molar-refractivity contribution in [1.29, 1.82) is 0 Å². The van der Waals surface area contributed by atoms with Crippen LogP contribution in [-0.4, -0.2) is 36.2 Å². The molecular weight excluding hydrogens is 226 g/mol. The summed E-state index contributed by atoms with van der Waals surface area (Å²) in [5.74, 6) is 0. The predicted molar refractivity (Wildman–Crippen MR) is 61.7 cm³/mol. The second-order valence-corrected chi connectivity index (χ2v) is 6.63. The molecule has 1 aliphatic carbocycles. The number of aromatic nitrogens is 2. The molecule has 1 saturated carbocycles. The minimum atomic E-state index is -2.93. The van der Waals surface area contributed by atoms with Gasteiger partial charge in [-0.2, -0.15) is 5.10 Å². The van der Waals surface area contributed by atoms with Crippen LogP contribution in [0.25, 0.3) is 0 Å². The SMILES string of the molecule is CS(=O)(=O)C1CCCC1NCc1ccn[nH]1. The highest BCUT2D eigenvalue weighted by atomic mass is 32.2. The molecule has 1 heterocycles. The molecule has 0 aromatic carbocycles. The van der Waals surface area contributed by atoms with Crippen molar-refractivity contribution in [2.45, 2.75) is 37.1 Å². The molecule has 16 heavy (non-hydrogen) atoms. The van der Waals surface area contributed by atoms with E-state index in [4.69, 9.17) is 0 Å². The van der Waals surface area contributed by atoms with Gasteiger partial charge in [-0.3, -0.25) is 5.10 Å². The number of hydrogen-bond donors (Lipinski definition) is 2. The van der Waals surface area contributed by atoms with Crippen molar-refractivity contribution in [1.82, 2.24) is 15.5 Å². The zero-order valence-corrected chi connectivity index (χ0v) is 10.1. The van der Waals surface area contributed by atoms with E-state index in [1.165, 1.54) is 6.26 Å². The van der Waals surface area contributed by atoms with Crippen molar-refractivity contribution < 1.29 is 8.42 Å². The molecule has 2 unspecified atom stereocenters. The molecule has 1 aromatic heterocycles. The Morgan fingerprint density at radius 3 is 3.00 bits per heavy atom. The van der Waals surface area contributed by atoms with E-state index in [1.807, 2.05) is 6.07 Å². The van der Waals surface area contributed by atoms with Gasteiger partial charge in [-0.1, -0.05) is 6.42 Å². The van der Waals surface area contributed by atoms with E-state index in [0.717, 1.165) is 25.0 Å². The van der Waals surface area contributed by atoms with E-state index in [9.17, 15) is 8.42 Å². The zero-order chi connectivity index (χ0) is 11.6. The molecule has 2 rings (SSSR count). The minimum Gasteiger partial charge on any atom is -0.307 e. The lowest BCUT2D eigenvalue weighted by atomic mass is 10.2. The van der Waals surface area contributed by atoms with E-state index in [-0.39, 0.29) is 11.3 Å². The number of aromatic amines is 1. The van der Waals surface area contributed by atoms with E-state index in [0.29, 0.717) is 6.54 Å². The van der Waals surface area contributed by atoms with Crippen molar-refractivity contribution in [2.24, 2.45) is 0 Å². The summed E-state index contributed by atoms with van der Waals surface area (Å²) < 4.78 is 23.1. The number of H-pyrrole nitrogens is 1. The van der Waals surface area contributed by atoms with Crippen LogP contribution in [0.5, 0.6) is 0 Å². The molecule has 2 N–H and O–H groups in total. The molecule has 0 bridgehead atoms. The van der Waals surface area contributed by atoms with Crippen molar-refractivity contribution >= 4 is 9.84 Å². The van der Waals surface area contributed by atoms with E-state index < -0.39 is 9.84 Å². The van der Waals surface area contributed by atoms with Gasteiger partial charge in [0.15, 0.2) is 9.84 Å². The fourth-order valence-corrected chi connectivity index (χ4v) is 3.72. The second-order valence-electron chi connectivity index (χ2n) is 4.37. The van der Waals surface area contributed by atoms with Crippen LogP contribution in [-0.2, 0) is 16.4 Å². The van der Waals surface area contributed by atoms with Gasteiger partial charge < -0.3 is 5.32 Å². The predicted octanol–water partition coefficient (Wildman–Crippen LogP) is 0.465. The number of hydrogen-bond acceptors (Lipinski definition) is 4. The highest BCUT2D eigenvalue weighted by molar-refractivity contribution is 7.91. The molecule has 1 aliphatic rings. The summed E-state index contributed by atoms with van der Waals surface area (Å²) in [5, 5.41) is 9.77. The van der Waals surface area contributed by atoms with Crippen LogP contribution in [0, 0.1) is 0 Å². The first-order valence-electron chi connectivity index (χ1n) is 5.48. The van der Waals surface area contributed by atoms with Crippen molar-refractivity contribution in [2.75, 3.05) is 6.26 Å². The zero-order valence-electron chi connectivity index (χ0n) is 9.31. The normalized spacial score (nSPS) is 26.1. The number of rotatable bonds is 4.